The average Bonchev–Trinajstić information content (AvgIpc) is 2.87. The third-order valence-corrected chi connectivity index (χ3v) is 5.69. The van der Waals surface area contributed by atoms with Gasteiger partial charge in [0.2, 0.25) is 0 Å². The van der Waals surface area contributed by atoms with Gasteiger partial charge in [-0.1, -0.05) is 20.8 Å². The van der Waals surface area contributed by atoms with E-state index in [0.717, 1.165) is 25.2 Å². The molecule has 0 aromatic heterocycles. The van der Waals surface area contributed by atoms with E-state index >= 15 is 0 Å². The Hall–Kier alpha value is -0.0800. The summed E-state index contributed by atoms with van der Waals surface area (Å²) in [5.74, 6) is 1.53. The van der Waals surface area contributed by atoms with Gasteiger partial charge in [0.25, 0.3) is 0 Å². The Kier molecular flexibility index (Phi) is 3.57. The summed E-state index contributed by atoms with van der Waals surface area (Å²) in [7, 11) is 0. The zero-order valence-corrected chi connectivity index (χ0v) is 11.8. The predicted molar refractivity (Wildman–Crippen MR) is 69.6 cm³/mol. The highest BCUT2D eigenvalue weighted by Crippen LogP contribution is 2.53. The van der Waals surface area contributed by atoms with Gasteiger partial charge in [-0.2, -0.15) is 0 Å². The van der Waals surface area contributed by atoms with Gasteiger partial charge in [0.1, 0.15) is 0 Å². The van der Waals surface area contributed by atoms with E-state index in [1.54, 1.807) is 0 Å². The van der Waals surface area contributed by atoms with Gasteiger partial charge in [-0.05, 0) is 57.3 Å². The molecule has 2 saturated carbocycles. The fraction of sp³-hybridized carbons (Fsp3) is 1.00. The van der Waals surface area contributed by atoms with Gasteiger partial charge < -0.3 is 9.84 Å². The van der Waals surface area contributed by atoms with Gasteiger partial charge in [-0.25, -0.2) is 0 Å². The first-order valence-electron chi connectivity index (χ1n) is 7.29. The number of aliphatic hydroxyl groups is 1. The largest absolute Gasteiger partial charge is 0.367 e. The van der Waals surface area contributed by atoms with Gasteiger partial charge in [0.05, 0.1) is 5.60 Å². The maximum atomic E-state index is 10.4. The van der Waals surface area contributed by atoms with Crippen LogP contribution in [0.15, 0.2) is 0 Å². The van der Waals surface area contributed by atoms with Crippen molar-refractivity contribution in [2.75, 3.05) is 0 Å². The molecule has 0 amide bonds. The molecule has 0 aliphatic heterocycles. The molecule has 2 fully saturated rings. The third kappa shape index (κ3) is 2.26. The Balaban J connectivity index is 2.01. The van der Waals surface area contributed by atoms with Crippen LogP contribution in [0.3, 0.4) is 0 Å². The monoisotopic (exact) mass is 240 g/mol. The molecule has 4 atom stereocenters. The van der Waals surface area contributed by atoms with Crippen LogP contribution in [-0.2, 0) is 4.74 Å². The first-order valence-corrected chi connectivity index (χ1v) is 7.29. The van der Waals surface area contributed by atoms with Crippen LogP contribution >= 0.6 is 0 Å². The van der Waals surface area contributed by atoms with E-state index in [0.29, 0.717) is 5.92 Å². The summed E-state index contributed by atoms with van der Waals surface area (Å²) in [4.78, 5) is 0. The molecule has 2 nitrogen and oxygen atoms in total. The molecule has 0 aromatic rings. The van der Waals surface area contributed by atoms with Gasteiger partial charge in [0, 0.05) is 5.41 Å². The second kappa shape index (κ2) is 4.55. The zero-order chi connectivity index (χ0) is 12.7. The molecule has 1 N–H and O–H groups in total. The highest BCUT2D eigenvalue weighted by molar-refractivity contribution is 5.00. The quantitative estimate of drug-likeness (QED) is 0.742. The molecule has 0 radical (unpaired) electrons. The zero-order valence-electron chi connectivity index (χ0n) is 11.8. The van der Waals surface area contributed by atoms with E-state index in [9.17, 15) is 5.11 Å². The molecule has 0 aromatic carbocycles. The number of aliphatic hydroxyl groups excluding tert-OH is 1. The standard InChI is InChI=1S/C15H28O2/c1-5-14(3,6-2)13(16)17-15(4)10-11-7-8-12(15)9-11/h11-13,16H,5-10H2,1-4H3. The summed E-state index contributed by atoms with van der Waals surface area (Å²) in [6.45, 7) is 8.62. The van der Waals surface area contributed by atoms with Gasteiger partial charge in [-0.3, -0.25) is 0 Å². The van der Waals surface area contributed by atoms with E-state index in [-0.39, 0.29) is 11.0 Å². The molecule has 17 heavy (non-hydrogen) atoms. The smallest absolute Gasteiger partial charge is 0.160 e. The fourth-order valence-electron chi connectivity index (χ4n) is 3.70. The van der Waals surface area contributed by atoms with Crippen molar-refractivity contribution in [3.05, 3.63) is 0 Å². The van der Waals surface area contributed by atoms with Crippen molar-refractivity contribution >= 4 is 0 Å². The Morgan fingerprint density at radius 1 is 1.35 bits per heavy atom. The third-order valence-electron chi connectivity index (χ3n) is 5.69. The van der Waals surface area contributed by atoms with Crippen LogP contribution in [0.4, 0.5) is 0 Å². The van der Waals surface area contributed by atoms with Crippen LogP contribution < -0.4 is 0 Å². The second-order valence-corrected chi connectivity index (χ2v) is 6.72. The van der Waals surface area contributed by atoms with Crippen molar-refractivity contribution in [1.29, 1.82) is 0 Å². The summed E-state index contributed by atoms with van der Waals surface area (Å²) in [6.07, 6.45) is 6.46. The number of fused-ring (bicyclic) bond motifs is 2. The molecular weight excluding hydrogens is 212 g/mol. The van der Waals surface area contributed by atoms with Crippen LogP contribution in [0.1, 0.15) is 66.2 Å². The van der Waals surface area contributed by atoms with Crippen LogP contribution in [0, 0.1) is 17.3 Å². The summed E-state index contributed by atoms with van der Waals surface area (Å²) >= 11 is 0. The molecule has 0 saturated heterocycles. The van der Waals surface area contributed by atoms with E-state index in [4.69, 9.17) is 4.74 Å². The first kappa shape index (κ1) is 13.4. The van der Waals surface area contributed by atoms with E-state index in [1.165, 1.54) is 19.3 Å². The lowest BCUT2D eigenvalue weighted by molar-refractivity contribution is -0.244. The van der Waals surface area contributed by atoms with Crippen LogP contribution in [-0.4, -0.2) is 17.0 Å². The van der Waals surface area contributed by atoms with Gasteiger partial charge in [-0.15, -0.1) is 0 Å². The first-order chi connectivity index (χ1) is 7.93. The lowest BCUT2D eigenvalue weighted by Gasteiger charge is -2.41. The minimum Gasteiger partial charge on any atom is -0.367 e. The number of rotatable bonds is 5. The van der Waals surface area contributed by atoms with Crippen molar-refractivity contribution in [2.24, 2.45) is 17.3 Å². The Bertz CT molecular complexity index is 272. The molecule has 2 heteroatoms. The number of hydrogen-bond donors (Lipinski definition) is 1. The van der Waals surface area contributed by atoms with Crippen LogP contribution in [0.25, 0.3) is 0 Å². The minimum atomic E-state index is -0.609. The van der Waals surface area contributed by atoms with Crippen LogP contribution in [0.5, 0.6) is 0 Å². The lowest BCUT2D eigenvalue weighted by atomic mass is 9.82. The second-order valence-electron chi connectivity index (χ2n) is 6.72. The Morgan fingerprint density at radius 3 is 2.41 bits per heavy atom. The normalized spacial score (nSPS) is 38.6. The molecule has 2 bridgehead atoms. The molecule has 2 aliphatic carbocycles. The Labute approximate surface area is 106 Å². The van der Waals surface area contributed by atoms with Crippen molar-refractivity contribution < 1.29 is 9.84 Å². The van der Waals surface area contributed by atoms with Crippen molar-refractivity contribution in [2.45, 2.75) is 78.1 Å². The minimum absolute atomic E-state index is 0.0616. The highest BCUT2D eigenvalue weighted by atomic mass is 16.6. The van der Waals surface area contributed by atoms with E-state index < -0.39 is 6.29 Å². The van der Waals surface area contributed by atoms with Crippen LogP contribution in [0.2, 0.25) is 0 Å². The number of ether oxygens (including phenoxy) is 1. The summed E-state index contributed by atoms with van der Waals surface area (Å²) < 4.78 is 6.14. The molecule has 100 valence electrons. The van der Waals surface area contributed by atoms with Gasteiger partial charge in [0.15, 0.2) is 6.29 Å². The fourth-order valence-corrected chi connectivity index (χ4v) is 3.70. The molecule has 4 unspecified atom stereocenters. The molecule has 0 heterocycles. The maximum Gasteiger partial charge on any atom is 0.160 e. The summed E-state index contributed by atoms with van der Waals surface area (Å²) in [5, 5.41) is 10.4. The summed E-state index contributed by atoms with van der Waals surface area (Å²) in [5.41, 5.74) is -0.154. The SMILES string of the molecule is CCC(C)(CC)C(O)OC1(C)CC2CCC1C2. The molecule has 0 spiro atoms. The van der Waals surface area contributed by atoms with Crippen molar-refractivity contribution in [3.8, 4) is 0 Å². The van der Waals surface area contributed by atoms with Gasteiger partial charge >= 0.3 is 0 Å². The highest BCUT2D eigenvalue weighted by Gasteiger charge is 2.51. The van der Waals surface area contributed by atoms with E-state index in [2.05, 4.69) is 27.7 Å². The predicted octanol–water partition coefficient (Wildman–Crippen LogP) is 3.73. The van der Waals surface area contributed by atoms with Crippen molar-refractivity contribution in [3.63, 3.8) is 0 Å². The number of hydrogen-bond acceptors (Lipinski definition) is 2. The Morgan fingerprint density at radius 2 is 2.00 bits per heavy atom. The molecule has 2 aliphatic rings. The average molecular weight is 240 g/mol. The lowest BCUT2D eigenvalue weighted by Crippen LogP contribution is -2.44. The summed E-state index contributed by atoms with van der Waals surface area (Å²) in [6, 6.07) is 0. The topological polar surface area (TPSA) is 29.5 Å². The van der Waals surface area contributed by atoms with Crippen molar-refractivity contribution in [1.82, 2.24) is 0 Å². The maximum absolute atomic E-state index is 10.4. The van der Waals surface area contributed by atoms with E-state index in [1.807, 2.05) is 0 Å². The molecular formula is C15H28O2. The molecule has 2 rings (SSSR count).